The number of nitrogens with one attached hydrogen (secondary N) is 1. The number of ether oxygens (including phenoxy) is 1. The maximum Gasteiger partial charge on any atom is 0.573 e. The predicted molar refractivity (Wildman–Crippen MR) is 77.1 cm³/mol. The minimum Gasteiger partial charge on any atom is -0.448 e. The molecule has 1 fully saturated rings. The van der Waals surface area contributed by atoms with Crippen LogP contribution in [0, 0.1) is 12.8 Å². The lowest BCUT2D eigenvalue weighted by atomic mass is 10.1. The van der Waals surface area contributed by atoms with Crippen molar-refractivity contribution < 1.29 is 27.1 Å². The van der Waals surface area contributed by atoms with Gasteiger partial charge >= 0.3 is 6.36 Å². The van der Waals surface area contributed by atoms with Gasteiger partial charge in [0, 0.05) is 5.92 Å². The number of hydrogen-bond donors (Lipinski definition) is 1. The molecule has 1 aromatic carbocycles. The summed E-state index contributed by atoms with van der Waals surface area (Å²) in [5.74, 6) is -0.495. The molecule has 0 bridgehead atoms. The van der Waals surface area contributed by atoms with Crippen LogP contribution in [0.1, 0.15) is 29.4 Å². The van der Waals surface area contributed by atoms with Crippen molar-refractivity contribution in [3.8, 4) is 5.75 Å². The minimum atomic E-state index is -4.76. The summed E-state index contributed by atoms with van der Waals surface area (Å²) in [4.78, 5) is 16.1. The molecule has 1 N–H and O–H groups in total. The first-order chi connectivity index (χ1) is 11.3. The Morgan fingerprint density at radius 1 is 1.42 bits per heavy atom. The Hall–Kier alpha value is -2.51. The van der Waals surface area contributed by atoms with E-state index in [2.05, 4.69) is 15.0 Å². The van der Waals surface area contributed by atoms with E-state index in [9.17, 15) is 18.0 Å². The van der Waals surface area contributed by atoms with Gasteiger partial charge in [-0.1, -0.05) is 18.2 Å². The van der Waals surface area contributed by atoms with Gasteiger partial charge < -0.3 is 14.5 Å². The summed E-state index contributed by atoms with van der Waals surface area (Å²) in [7, 11) is 0. The Morgan fingerprint density at radius 3 is 2.83 bits per heavy atom. The van der Waals surface area contributed by atoms with Crippen LogP contribution in [-0.4, -0.2) is 17.3 Å². The summed E-state index contributed by atoms with van der Waals surface area (Å²) >= 11 is 0. The average molecular weight is 340 g/mol. The van der Waals surface area contributed by atoms with E-state index in [-0.39, 0.29) is 30.0 Å². The molecular formula is C16H15F3N2O3. The van der Waals surface area contributed by atoms with Crippen LogP contribution in [0.25, 0.3) is 0 Å². The third-order valence-corrected chi connectivity index (χ3v) is 3.95. The first-order valence-corrected chi connectivity index (χ1v) is 7.36. The molecule has 24 heavy (non-hydrogen) atoms. The number of oxazole rings is 1. The van der Waals surface area contributed by atoms with Gasteiger partial charge in [-0.15, -0.1) is 13.2 Å². The van der Waals surface area contributed by atoms with Gasteiger partial charge in [-0.3, -0.25) is 4.79 Å². The zero-order valence-corrected chi connectivity index (χ0v) is 12.8. The molecule has 8 heteroatoms. The fourth-order valence-corrected chi connectivity index (χ4v) is 2.63. The summed E-state index contributed by atoms with van der Waals surface area (Å²) in [6.45, 7) is 1.96. The number of nitrogens with zero attached hydrogens (tertiary/aromatic N) is 1. The zero-order valence-electron chi connectivity index (χ0n) is 12.8. The van der Waals surface area contributed by atoms with E-state index in [1.165, 1.54) is 18.5 Å². The van der Waals surface area contributed by atoms with Crippen LogP contribution in [0.15, 0.2) is 35.1 Å². The lowest BCUT2D eigenvalue weighted by Gasteiger charge is -2.13. The van der Waals surface area contributed by atoms with Crippen LogP contribution in [0.5, 0.6) is 5.75 Å². The van der Waals surface area contributed by atoms with Gasteiger partial charge in [0.1, 0.15) is 17.2 Å². The largest absolute Gasteiger partial charge is 0.573 e. The monoisotopic (exact) mass is 340 g/mol. The number of para-hydroxylation sites is 1. The van der Waals surface area contributed by atoms with E-state index in [1.807, 2.05) is 0 Å². The van der Waals surface area contributed by atoms with Crippen LogP contribution in [-0.2, 0) is 11.3 Å². The van der Waals surface area contributed by atoms with Crippen molar-refractivity contribution in [3.05, 3.63) is 47.7 Å². The maximum absolute atomic E-state index is 12.5. The lowest BCUT2D eigenvalue weighted by Crippen LogP contribution is -2.25. The van der Waals surface area contributed by atoms with Crippen LogP contribution < -0.4 is 10.1 Å². The molecule has 0 radical (unpaired) electrons. The van der Waals surface area contributed by atoms with Crippen molar-refractivity contribution in [3.63, 3.8) is 0 Å². The Bertz CT molecular complexity index is 742. The Kier molecular flexibility index (Phi) is 4.21. The molecule has 3 rings (SSSR count). The molecule has 1 saturated carbocycles. The molecule has 2 atom stereocenters. The van der Waals surface area contributed by atoms with Crippen molar-refractivity contribution in [2.45, 2.75) is 32.2 Å². The average Bonchev–Trinajstić information content (AvgIpc) is 3.20. The molecule has 1 aliphatic carbocycles. The van der Waals surface area contributed by atoms with Gasteiger partial charge in [0.05, 0.1) is 6.54 Å². The lowest BCUT2D eigenvalue weighted by molar-refractivity contribution is -0.274. The number of carbonyl (C=O) groups is 1. The first kappa shape index (κ1) is 16.4. The van der Waals surface area contributed by atoms with Crippen molar-refractivity contribution in [1.29, 1.82) is 0 Å². The van der Waals surface area contributed by atoms with Crippen LogP contribution >= 0.6 is 0 Å². The second-order valence-corrected chi connectivity index (χ2v) is 5.61. The van der Waals surface area contributed by atoms with Crippen LogP contribution in [0.2, 0.25) is 0 Å². The van der Waals surface area contributed by atoms with E-state index in [1.54, 1.807) is 19.1 Å². The molecule has 0 spiro atoms. The Balaban J connectivity index is 1.63. The number of alkyl halides is 3. The first-order valence-electron chi connectivity index (χ1n) is 7.36. The summed E-state index contributed by atoms with van der Waals surface area (Å²) < 4.78 is 46.5. The molecule has 0 saturated heterocycles. The van der Waals surface area contributed by atoms with Crippen LogP contribution in [0.3, 0.4) is 0 Å². The highest BCUT2D eigenvalue weighted by molar-refractivity contribution is 5.83. The Morgan fingerprint density at radius 2 is 2.17 bits per heavy atom. The number of aromatic nitrogens is 1. The highest BCUT2D eigenvalue weighted by Gasteiger charge is 2.46. The summed E-state index contributed by atoms with van der Waals surface area (Å²) in [5, 5.41) is 2.73. The van der Waals surface area contributed by atoms with Crippen LogP contribution in [0.4, 0.5) is 13.2 Å². The van der Waals surface area contributed by atoms with Crippen molar-refractivity contribution in [2.24, 2.45) is 5.92 Å². The van der Waals surface area contributed by atoms with Crippen molar-refractivity contribution in [2.75, 3.05) is 0 Å². The number of amides is 1. The van der Waals surface area contributed by atoms with Gasteiger partial charge in [-0.25, -0.2) is 4.98 Å². The number of hydrogen-bond acceptors (Lipinski definition) is 4. The number of rotatable bonds is 5. The molecule has 0 unspecified atom stereocenters. The summed E-state index contributed by atoms with van der Waals surface area (Å²) in [5.41, 5.74) is 1.02. The van der Waals surface area contributed by atoms with Crippen molar-refractivity contribution >= 4 is 5.91 Å². The topological polar surface area (TPSA) is 64.4 Å². The molecule has 1 aromatic heterocycles. The van der Waals surface area contributed by atoms with Gasteiger partial charge in [-0.2, -0.15) is 0 Å². The molecular weight excluding hydrogens is 325 g/mol. The number of benzene rings is 1. The van der Waals surface area contributed by atoms with E-state index >= 15 is 0 Å². The highest BCUT2D eigenvalue weighted by Crippen LogP contribution is 2.51. The normalized spacial score (nSPS) is 19.8. The van der Waals surface area contributed by atoms with E-state index in [4.69, 9.17) is 4.42 Å². The van der Waals surface area contributed by atoms with E-state index in [0.717, 1.165) is 0 Å². The smallest absolute Gasteiger partial charge is 0.448 e. The van der Waals surface area contributed by atoms with Gasteiger partial charge in [0.2, 0.25) is 5.91 Å². The molecule has 1 amide bonds. The quantitative estimate of drug-likeness (QED) is 0.907. The molecule has 5 nitrogen and oxygen atoms in total. The van der Waals surface area contributed by atoms with Crippen molar-refractivity contribution in [1.82, 2.24) is 10.3 Å². The number of aryl methyl sites for hydroxylation is 1. The van der Waals surface area contributed by atoms with Gasteiger partial charge in [0.15, 0.2) is 6.39 Å². The fraction of sp³-hybridized carbons (Fsp3) is 0.375. The number of halogens is 3. The summed E-state index contributed by atoms with van der Waals surface area (Å²) in [6, 6.07) is 5.91. The molecule has 1 aliphatic rings. The predicted octanol–water partition coefficient (Wildman–Crippen LogP) is 3.30. The fourth-order valence-electron chi connectivity index (χ4n) is 2.63. The third kappa shape index (κ3) is 3.69. The van der Waals surface area contributed by atoms with E-state index < -0.39 is 6.36 Å². The Labute approximate surface area is 135 Å². The highest BCUT2D eigenvalue weighted by atomic mass is 19.4. The molecule has 0 aliphatic heterocycles. The molecule has 1 heterocycles. The van der Waals surface area contributed by atoms with Gasteiger partial charge in [-0.05, 0) is 30.9 Å². The second kappa shape index (κ2) is 6.18. The maximum atomic E-state index is 12.5. The van der Waals surface area contributed by atoms with E-state index in [0.29, 0.717) is 23.4 Å². The standard InChI is InChI=1S/C16H15F3N2O3/c1-9-13(21-8-23-9)7-20-15(22)12-6-11(12)10-4-2-3-5-14(10)24-16(17,18)19/h2-5,8,11-12H,6-7H2,1H3,(H,20,22)/t11-,12+/m1/s1. The summed E-state index contributed by atoms with van der Waals surface area (Å²) in [6.07, 6.45) is -2.98. The third-order valence-electron chi connectivity index (χ3n) is 3.95. The number of carbonyl (C=O) groups excluding carboxylic acids is 1. The second-order valence-electron chi connectivity index (χ2n) is 5.61. The minimum absolute atomic E-state index is 0.218. The molecule has 2 aromatic rings. The van der Waals surface area contributed by atoms with Gasteiger partial charge in [0.25, 0.3) is 0 Å². The zero-order chi connectivity index (χ0) is 17.3. The SMILES string of the molecule is Cc1ocnc1CNC(=O)[C@H]1C[C@@H]1c1ccccc1OC(F)(F)F. The molecule has 128 valence electrons.